The van der Waals surface area contributed by atoms with Gasteiger partial charge in [0.05, 0.1) is 0 Å². The normalized spacial score (nSPS) is 22.6. The summed E-state index contributed by atoms with van der Waals surface area (Å²) < 4.78 is 27.2. The second-order valence-corrected chi connectivity index (χ2v) is 11.2. The number of allylic oxidation sites excluding steroid dienone is 4. The summed E-state index contributed by atoms with van der Waals surface area (Å²) in [6.07, 6.45) is -0.614. The van der Waals surface area contributed by atoms with Crippen LogP contribution in [0.2, 0.25) is 0 Å². The third-order valence-corrected chi connectivity index (χ3v) is 6.46. The maximum absolute atomic E-state index is 12.1. The molecule has 0 radical (unpaired) electrons. The van der Waals surface area contributed by atoms with Crippen LogP contribution in [0.4, 0.5) is 0 Å². The number of aliphatic hydroxyl groups excluding tert-OH is 1. The van der Waals surface area contributed by atoms with Gasteiger partial charge in [0.1, 0.15) is 17.3 Å². The number of phenols is 1. The molecular weight excluding hydrogens is 560 g/mol. The van der Waals surface area contributed by atoms with Crippen LogP contribution in [0.1, 0.15) is 79.7 Å². The molecule has 0 bridgehead atoms. The average Bonchev–Trinajstić information content (AvgIpc) is 2.87. The van der Waals surface area contributed by atoms with E-state index in [-0.39, 0.29) is 17.3 Å². The van der Waals surface area contributed by atoms with Gasteiger partial charge in [-0.3, -0.25) is 23.9 Å². The topological polar surface area (TPSA) is 155 Å². The lowest BCUT2D eigenvalue weighted by Crippen LogP contribution is -2.62. The van der Waals surface area contributed by atoms with Crippen LogP contribution in [0, 0.1) is 5.92 Å². The van der Waals surface area contributed by atoms with E-state index in [4.69, 9.17) is 23.7 Å². The molecule has 1 heterocycles. The number of benzene rings is 1. The van der Waals surface area contributed by atoms with Gasteiger partial charge < -0.3 is 29.2 Å². The molecule has 1 aliphatic rings. The molecule has 0 amide bonds. The number of carbonyl (C=O) groups excluding carboxylic acids is 4. The first kappa shape index (κ1) is 35.5. The molecule has 2 rings (SSSR count). The highest BCUT2D eigenvalue weighted by atomic mass is 16.8. The molecule has 43 heavy (non-hydrogen) atoms. The molecule has 2 N–H and O–H groups in total. The Balaban J connectivity index is 2.19. The molecule has 0 unspecified atom stereocenters. The highest BCUT2D eigenvalue weighted by Gasteiger charge is 2.52. The molecule has 0 aliphatic carbocycles. The standard InChI is InChI=1S/C32H44O11/c1-18(2)15-26(37)16-20(4)10-8-9-19(3)11-12-24-17-25(36)13-14-27(24)42-31-28(38)29(39-21(5)33)30(40-22(6)34)32(43-31)41-23(7)35/h10-11,13-14,17-18,28-32,36,38H,8-9,12,15-16H2,1-7H3/b19-11+,20-10+/t28-,29-,30-,31-,32+/m1/s1. The molecule has 238 valence electrons. The van der Waals surface area contributed by atoms with Crippen LogP contribution in [0.25, 0.3) is 0 Å². The maximum Gasteiger partial charge on any atom is 0.305 e. The third-order valence-electron chi connectivity index (χ3n) is 6.46. The fraction of sp³-hybridized carbons (Fsp3) is 0.562. The van der Waals surface area contributed by atoms with Crippen molar-refractivity contribution in [1.29, 1.82) is 0 Å². The van der Waals surface area contributed by atoms with Crippen molar-refractivity contribution in [3.05, 3.63) is 47.1 Å². The number of phenolic OH excluding ortho intramolecular Hbond substituents is 1. The van der Waals surface area contributed by atoms with Gasteiger partial charge in [-0.05, 0) is 57.2 Å². The van der Waals surface area contributed by atoms with E-state index < -0.39 is 48.8 Å². The minimum Gasteiger partial charge on any atom is -0.508 e. The van der Waals surface area contributed by atoms with Crippen LogP contribution in [0.5, 0.6) is 11.5 Å². The fourth-order valence-electron chi connectivity index (χ4n) is 4.60. The van der Waals surface area contributed by atoms with E-state index in [2.05, 4.69) is 6.08 Å². The number of Topliss-reactive ketones (excluding diaryl/α,β-unsaturated/α-hetero) is 1. The maximum atomic E-state index is 12.1. The van der Waals surface area contributed by atoms with Gasteiger partial charge in [0.25, 0.3) is 0 Å². The lowest BCUT2D eigenvalue weighted by molar-refractivity contribution is -0.327. The quantitative estimate of drug-likeness (QED) is 0.176. The van der Waals surface area contributed by atoms with Gasteiger partial charge in [0, 0.05) is 39.2 Å². The molecule has 1 aromatic rings. The van der Waals surface area contributed by atoms with Crippen molar-refractivity contribution >= 4 is 23.7 Å². The van der Waals surface area contributed by atoms with Gasteiger partial charge in [0.15, 0.2) is 12.2 Å². The van der Waals surface area contributed by atoms with E-state index in [0.29, 0.717) is 30.7 Å². The number of aromatic hydroxyl groups is 1. The van der Waals surface area contributed by atoms with Gasteiger partial charge in [-0.2, -0.15) is 0 Å². The Kier molecular flexibility index (Phi) is 13.9. The first-order valence-corrected chi connectivity index (χ1v) is 14.3. The fourth-order valence-corrected chi connectivity index (χ4v) is 4.60. The molecule has 5 atom stereocenters. The Labute approximate surface area is 252 Å². The Morgan fingerprint density at radius 2 is 1.51 bits per heavy atom. The summed E-state index contributed by atoms with van der Waals surface area (Å²) in [5, 5.41) is 21.2. The first-order chi connectivity index (χ1) is 20.2. The minimum atomic E-state index is -1.64. The lowest BCUT2D eigenvalue weighted by atomic mass is 10.0. The summed E-state index contributed by atoms with van der Waals surface area (Å²) in [6, 6.07) is 4.39. The van der Waals surface area contributed by atoms with Crippen LogP contribution in [0.3, 0.4) is 0 Å². The molecule has 0 saturated carbocycles. The van der Waals surface area contributed by atoms with E-state index >= 15 is 0 Å². The van der Waals surface area contributed by atoms with Crippen molar-refractivity contribution in [2.75, 3.05) is 0 Å². The van der Waals surface area contributed by atoms with E-state index in [1.807, 2.05) is 33.8 Å². The van der Waals surface area contributed by atoms with E-state index in [1.54, 1.807) is 0 Å². The summed E-state index contributed by atoms with van der Waals surface area (Å²) in [7, 11) is 0. The van der Waals surface area contributed by atoms with E-state index in [0.717, 1.165) is 44.8 Å². The Morgan fingerprint density at radius 1 is 0.884 bits per heavy atom. The van der Waals surface area contributed by atoms with Crippen molar-refractivity contribution in [1.82, 2.24) is 0 Å². The van der Waals surface area contributed by atoms with Gasteiger partial charge in [-0.25, -0.2) is 0 Å². The molecule has 1 aliphatic heterocycles. The lowest BCUT2D eigenvalue weighted by Gasteiger charge is -2.42. The predicted molar refractivity (Wildman–Crippen MR) is 156 cm³/mol. The van der Waals surface area contributed by atoms with Gasteiger partial charge in [-0.15, -0.1) is 0 Å². The highest BCUT2D eigenvalue weighted by molar-refractivity contribution is 5.80. The summed E-state index contributed by atoms with van der Waals surface area (Å²) in [5.41, 5.74) is 2.69. The van der Waals surface area contributed by atoms with Crippen LogP contribution in [-0.2, 0) is 44.5 Å². The van der Waals surface area contributed by atoms with Crippen molar-refractivity contribution in [3.8, 4) is 11.5 Å². The number of hydrogen-bond acceptors (Lipinski definition) is 11. The number of rotatable bonds is 14. The smallest absolute Gasteiger partial charge is 0.305 e. The van der Waals surface area contributed by atoms with Gasteiger partial charge >= 0.3 is 17.9 Å². The zero-order valence-electron chi connectivity index (χ0n) is 26.0. The molecule has 1 aromatic carbocycles. The number of ketones is 1. The zero-order chi connectivity index (χ0) is 32.3. The third kappa shape index (κ3) is 12.2. The molecular formula is C32H44O11. The summed E-state index contributed by atoms with van der Waals surface area (Å²) in [5.74, 6) is -1.50. The van der Waals surface area contributed by atoms with Crippen molar-refractivity contribution in [2.45, 2.75) is 111 Å². The van der Waals surface area contributed by atoms with Crippen molar-refractivity contribution in [2.24, 2.45) is 5.92 Å². The Bertz CT molecular complexity index is 1200. The number of ether oxygens (including phenoxy) is 5. The van der Waals surface area contributed by atoms with Crippen LogP contribution in [-0.4, -0.2) is 64.8 Å². The molecule has 1 saturated heterocycles. The van der Waals surface area contributed by atoms with Gasteiger partial charge in [-0.1, -0.05) is 37.1 Å². The average molecular weight is 605 g/mol. The van der Waals surface area contributed by atoms with Crippen molar-refractivity contribution < 1.29 is 53.1 Å². The van der Waals surface area contributed by atoms with E-state index in [9.17, 15) is 29.4 Å². The van der Waals surface area contributed by atoms with Gasteiger partial charge in [0.2, 0.25) is 18.7 Å². The second-order valence-electron chi connectivity index (χ2n) is 11.2. The number of aliphatic hydroxyl groups is 1. The Hall–Kier alpha value is -3.70. The van der Waals surface area contributed by atoms with Crippen LogP contribution in [0.15, 0.2) is 41.5 Å². The molecule has 11 nitrogen and oxygen atoms in total. The number of hydrogen-bond donors (Lipinski definition) is 2. The predicted octanol–water partition coefficient (Wildman–Crippen LogP) is 4.46. The van der Waals surface area contributed by atoms with Crippen molar-refractivity contribution in [3.63, 3.8) is 0 Å². The first-order valence-electron chi connectivity index (χ1n) is 14.3. The Morgan fingerprint density at radius 3 is 2.12 bits per heavy atom. The van der Waals surface area contributed by atoms with E-state index in [1.165, 1.54) is 18.2 Å². The highest BCUT2D eigenvalue weighted by Crippen LogP contribution is 2.32. The monoisotopic (exact) mass is 604 g/mol. The molecule has 11 heteroatoms. The number of esters is 3. The largest absolute Gasteiger partial charge is 0.508 e. The zero-order valence-corrected chi connectivity index (χ0v) is 26.0. The summed E-state index contributed by atoms with van der Waals surface area (Å²) in [4.78, 5) is 47.3. The molecule has 0 aromatic heterocycles. The van der Waals surface area contributed by atoms with Crippen LogP contribution >= 0.6 is 0 Å². The van der Waals surface area contributed by atoms with Crippen LogP contribution < -0.4 is 4.74 Å². The molecule has 1 fully saturated rings. The summed E-state index contributed by atoms with van der Waals surface area (Å²) in [6.45, 7) is 11.3. The second kappa shape index (κ2) is 16.8. The SMILES string of the molecule is CC(=O)O[C@H]1O[C@@H](Oc2ccc(O)cc2C/C=C(\C)CC/C=C(\C)CC(=O)CC(C)C)[C@H](O)[C@@H](OC(C)=O)[C@H]1OC(C)=O. The number of carbonyl (C=O) groups is 4. The minimum absolute atomic E-state index is 0.00589. The summed E-state index contributed by atoms with van der Waals surface area (Å²) >= 11 is 0. The molecule has 0 spiro atoms.